The van der Waals surface area contributed by atoms with Gasteiger partial charge < -0.3 is 4.74 Å². The fraction of sp³-hybridized carbons (Fsp3) is 0.438. The smallest absolute Gasteiger partial charge is 0.245 e. The zero-order valence-corrected chi connectivity index (χ0v) is 11.8. The lowest BCUT2D eigenvalue weighted by molar-refractivity contribution is -0.688. The third-order valence-corrected chi connectivity index (χ3v) is 3.29. The van der Waals surface area contributed by atoms with Crippen LogP contribution in [0, 0.1) is 5.92 Å². The maximum absolute atomic E-state index is 5.69. The number of hydrogen-bond donors (Lipinski definition) is 0. The van der Waals surface area contributed by atoms with Crippen LogP contribution in [0.3, 0.4) is 0 Å². The molecular weight excluding hydrogens is 236 g/mol. The molecule has 2 aromatic rings. The summed E-state index contributed by atoms with van der Waals surface area (Å²) in [5.74, 6) is 0.631. The molecule has 0 aliphatic carbocycles. The molecular formula is C16H23N2O+. The Labute approximate surface area is 115 Å². The first-order chi connectivity index (χ1) is 9.28. The van der Waals surface area contributed by atoms with Crippen LogP contribution in [0.15, 0.2) is 49.1 Å². The maximum Gasteiger partial charge on any atom is 0.245 e. The summed E-state index contributed by atoms with van der Waals surface area (Å²) in [5.41, 5.74) is 1.31. The lowest BCUT2D eigenvalue weighted by atomic mass is 10.1. The molecule has 0 N–H and O–H groups in total. The van der Waals surface area contributed by atoms with E-state index in [0.29, 0.717) is 12.6 Å². The van der Waals surface area contributed by atoms with Gasteiger partial charge in [-0.1, -0.05) is 50.6 Å². The molecule has 1 heterocycles. The van der Waals surface area contributed by atoms with Gasteiger partial charge in [-0.2, -0.15) is 0 Å². The van der Waals surface area contributed by atoms with Crippen LogP contribution < -0.4 is 4.57 Å². The molecule has 0 unspecified atom stereocenters. The van der Waals surface area contributed by atoms with Crippen molar-refractivity contribution in [2.45, 2.75) is 33.5 Å². The topological polar surface area (TPSA) is 18.0 Å². The molecule has 1 aromatic heterocycles. The van der Waals surface area contributed by atoms with Crippen LogP contribution in [0.2, 0.25) is 0 Å². The van der Waals surface area contributed by atoms with Crippen molar-refractivity contribution < 1.29 is 9.30 Å². The minimum Gasteiger partial charge on any atom is -0.341 e. The first-order valence-electron chi connectivity index (χ1n) is 6.94. The Bertz CT molecular complexity index is 479. The van der Waals surface area contributed by atoms with E-state index in [2.05, 4.69) is 66.0 Å². The molecule has 0 radical (unpaired) electrons. The minimum atomic E-state index is 0.631. The fourth-order valence-corrected chi connectivity index (χ4v) is 1.88. The summed E-state index contributed by atoms with van der Waals surface area (Å²) in [6, 6.07) is 10.5. The lowest BCUT2D eigenvalue weighted by Gasteiger charge is -2.07. The minimum absolute atomic E-state index is 0.631. The third kappa shape index (κ3) is 4.52. The van der Waals surface area contributed by atoms with Gasteiger partial charge in [-0.3, -0.25) is 0 Å². The summed E-state index contributed by atoms with van der Waals surface area (Å²) in [5, 5.41) is 0. The summed E-state index contributed by atoms with van der Waals surface area (Å²) >= 11 is 0. The van der Waals surface area contributed by atoms with E-state index in [1.165, 1.54) is 12.0 Å². The average Bonchev–Trinajstić information content (AvgIpc) is 2.87. The number of imidazole rings is 1. The molecule has 0 fully saturated rings. The van der Waals surface area contributed by atoms with Crippen LogP contribution >= 0.6 is 0 Å². The molecule has 0 saturated carbocycles. The molecule has 19 heavy (non-hydrogen) atoms. The van der Waals surface area contributed by atoms with Gasteiger partial charge in [0.15, 0.2) is 6.73 Å². The van der Waals surface area contributed by atoms with Crippen molar-refractivity contribution in [3.8, 4) is 0 Å². The van der Waals surface area contributed by atoms with E-state index >= 15 is 0 Å². The lowest BCUT2D eigenvalue weighted by Crippen LogP contribution is -2.31. The second kappa shape index (κ2) is 7.10. The van der Waals surface area contributed by atoms with Crippen LogP contribution in [-0.4, -0.2) is 11.2 Å². The standard InChI is InChI=1S/C16H23N2O/c1-3-15(2)12-19-14-18-10-9-17(13-18)11-16-7-5-4-6-8-16/h4-10,13,15H,3,11-12,14H2,1-2H3/q+1/t15-/m0/s1. The van der Waals surface area contributed by atoms with E-state index < -0.39 is 0 Å². The molecule has 3 heteroatoms. The second-order valence-corrected chi connectivity index (χ2v) is 5.10. The van der Waals surface area contributed by atoms with Crippen LogP contribution in [-0.2, 0) is 18.0 Å². The van der Waals surface area contributed by atoms with Gasteiger partial charge in [0.25, 0.3) is 0 Å². The second-order valence-electron chi connectivity index (χ2n) is 5.10. The van der Waals surface area contributed by atoms with Gasteiger partial charge in [-0.05, 0) is 11.5 Å². The van der Waals surface area contributed by atoms with E-state index in [1.54, 1.807) is 0 Å². The van der Waals surface area contributed by atoms with Crippen LogP contribution in [0.1, 0.15) is 25.8 Å². The Morgan fingerprint density at radius 2 is 2.05 bits per heavy atom. The molecule has 0 amide bonds. The Kier molecular flexibility index (Phi) is 5.16. The molecule has 0 bridgehead atoms. The van der Waals surface area contributed by atoms with Gasteiger partial charge in [0.1, 0.15) is 18.9 Å². The zero-order chi connectivity index (χ0) is 13.5. The van der Waals surface area contributed by atoms with Crippen molar-refractivity contribution in [3.63, 3.8) is 0 Å². The Morgan fingerprint density at radius 1 is 1.26 bits per heavy atom. The Morgan fingerprint density at radius 3 is 2.79 bits per heavy atom. The van der Waals surface area contributed by atoms with E-state index in [1.807, 2.05) is 6.07 Å². The van der Waals surface area contributed by atoms with E-state index in [0.717, 1.165) is 13.2 Å². The molecule has 3 nitrogen and oxygen atoms in total. The number of aromatic nitrogens is 2. The first kappa shape index (κ1) is 13.8. The summed E-state index contributed by atoms with van der Waals surface area (Å²) in [7, 11) is 0. The normalized spacial score (nSPS) is 12.5. The molecule has 0 aliphatic heterocycles. The van der Waals surface area contributed by atoms with E-state index in [9.17, 15) is 0 Å². The molecule has 0 saturated heterocycles. The van der Waals surface area contributed by atoms with Gasteiger partial charge in [0, 0.05) is 0 Å². The number of nitrogens with zero attached hydrogens (tertiary/aromatic N) is 2. The van der Waals surface area contributed by atoms with Crippen LogP contribution in [0.5, 0.6) is 0 Å². The van der Waals surface area contributed by atoms with E-state index in [4.69, 9.17) is 4.74 Å². The predicted octanol–water partition coefficient (Wildman–Crippen LogP) is 2.84. The summed E-state index contributed by atoms with van der Waals surface area (Å²) in [6.07, 6.45) is 7.39. The number of rotatable bonds is 7. The number of benzene rings is 1. The van der Waals surface area contributed by atoms with Gasteiger partial charge >= 0.3 is 0 Å². The number of ether oxygens (including phenoxy) is 1. The molecule has 1 aromatic carbocycles. The molecule has 1 atom stereocenters. The van der Waals surface area contributed by atoms with Crippen molar-refractivity contribution in [1.82, 2.24) is 4.57 Å². The highest BCUT2D eigenvalue weighted by molar-refractivity contribution is 5.13. The first-order valence-corrected chi connectivity index (χ1v) is 6.94. The van der Waals surface area contributed by atoms with Crippen LogP contribution in [0.4, 0.5) is 0 Å². The van der Waals surface area contributed by atoms with Crippen molar-refractivity contribution in [3.05, 3.63) is 54.6 Å². The van der Waals surface area contributed by atoms with E-state index in [-0.39, 0.29) is 0 Å². The van der Waals surface area contributed by atoms with Crippen molar-refractivity contribution >= 4 is 0 Å². The molecule has 0 spiro atoms. The summed E-state index contributed by atoms with van der Waals surface area (Å²) < 4.78 is 9.93. The number of hydrogen-bond acceptors (Lipinski definition) is 1. The Hall–Kier alpha value is -1.61. The molecule has 2 rings (SSSR count). The summed E-state index contributed by atoms with van der Waals surface area (Å²) in [6.45, 7) is 6.77. The van der Waals surface area contributed by atoms with Crippen molar-refractivity contribution in [1.29, 1.82) is 0 Å². The van der Waals surface area contributed by atoms with Gasteiger partial charge in [0.05, 0.1) is 6.61 Å². The highest BCUT2D eigenvalue weighted by Crippen LogP contribution is 2.01. The van der Waals surface area contributed by atoms with Crippen LogP contribution in [0.25, 0.3) is 0 Å². The van der Waals surface area contributed by atoms with Crippen molar-refractivity contribution in [2.75, 3.05) is 6.61 Å². The predicted molar refractivity (Wildman–Crippen MR) is 75.6 cm³/mol. The van der Waals surface area contributed by atoms with Gasteiger partial charge in [-0.25, -0.2) is 9.13 Å². The van der Waals surface area contributed by atoms with Gasteiger partial charge in [0.2, 0.25) is 6.33 Å². The fourth-order valence-electron chi connectivity index (χ4n) is 1.88. The molecule has 102 valence electrons. The summed E-state index contributed by atoms with van der Waals surface area (Å²) in [4.78, 5) is 0. The quantitative estimate of drug-likeness (QED) is 0.699. The maximum atomic E-state index is 5.69. The largest absolute Gasteiger partial charge is 0.341 e. The van der Waals surface area contributed by atoms with Crippen molar-refractivity contribution in [2.24, 2.45) is 5.92 Å². The SMILES string of the molecule is CC[C@H](C)COCn1cc[n+](Cc2ccccc2)c1. The monoisotopic (exact) mass is 259 g/mol. The third-order valence-electron chi connectivity index (χ3n) is 3.29. The zero-order valence-electron chi connectivity index (χ0n) is 11.8. The molecule has 0 aliphatic rings. The van der Waals surface area contributed by atoms with Gasteiger partial charge in [-0.15, -0.1) is 0 Å². The highest BCUT2D eigenvalue weighted by atomic mass is 16.5. The average molecular weight is 259 g/mol. The Balaban J connectivity index is 1.82. The highest BCUT2D eigenvalue weighted by Gasteiger charge is 2.05.